The molecular weight excluding hydrogens is 376 g/mol. The number of nitrogens with zero attached hydrogens (tertiary/aromatic N) is 3. The first-order chi connectivity index (χ1) is 13.1. The number of rotatable bonds is 5. The molecule has 0 unspecified atom stereocenters. The van der Waals surface area contributed by atoms with Crippen LogP contribution in [0.4, 0.5) is 5.82 Å². The first kappa shape index (κ1) is 18.3. The second-order valence-electron chi connectivity index (χ2n) is 6.73. The van der Waals surface area contributed by atoms with Gasteiger partial charge in [0.1, 0.15) is 10.6 Å². The molecule has 1 fully saturated rings. The zero-order chi connectivity index (χ0) is 18.8. The lowest BCUT2D eigenvalue weighted by atomic mass is 10.1. The molecule has 3 heterocycles. The highest BCUT2D eigenvalue weighted by Crippen LogP contribution is 2.34. The van der Waals surface area contributed by atoms with E-state index < -0.39 is 0 Å². The second-order valence-corrected chi connectivity index (χ2v) is 8.53. The van der Waals surface area contributed by atoms with E-state index in [1.807, 2.05) is 24.5 Å². The van der Waals surface area contributed by atoms with Crippen LogP contribution < -0.4 is 10.2 Å². The summed E-state index contributed by atoms with van der Waals surface area (Å²) in [7, 11) is 0. The average molecular weight is 399 g/mol. The second kappa shape index (κ2) is 7.86. The molecule has 0 bridgehead atoms. The van der Waals surface area contributed by atoms with Gasteiger partial charge in [0, 0.05) is 19.6 Å². The van der Waals surface area contributed by atoms with Crippen LogP contribution in [0, 0.1) is 6.92 Å². The minimum Gasteiger partial charge on any atom is -0.356 e. The van der Waals surface area contributed by atoms with Crippen molar-refractivity contribution in [3.8, 4) is 0 Å². The van der Waals surface area contributed by atoms with Gasteiger partial charge in [0.15, 0.2) is 5.16 Å². The molecule has 2 aromatic heterocycles. The predicted molar refractivity (Wildman–Crippen MR) is 113 cm³/mol. The van der Waals surface area contributed by atoms with Crippen molar-refractivity contribution in [3.05, 3.63) is 46.3 Å². The summed E-state index contributed by atoms with van der Waals surface area (Å²) < 4.78 is 0. The number of carbonyl (C=O) groups is 1. The number of hydrogen-bond acceptors (Lipinski definition) is 6. The molecule has 0 aliphatic carbocycles. The van der Waals surface area contributed by atoms with Crippen LogP contribution in [-0.2, 0) is 6.54 Å². The van der Waals surface area contributed by atoms with Crippen molar-refractivity contribution in [2.75, 3.05) is 24.2 Å². The van der Waals surface area contributed by atoms with Gasteiger partial charge in [-0.3, -0.25) is 4.79 Å². The SMILES string of the molecule is CSc1nc(N2CCCC2)c2cc(C(=O)NCc3ccc(C)cc3)sc2n1. The van der Waals surface area contributed by atoms with Gasteiger partial charge in [0.05, 0.1) is 10.3 Å². The summed E-state index contributed by atoms with van der Waals surface area (Å²) in [5.41, 5.74) is 2.31. The van der Waals surface area contributed by atoms with Crippen LogP contribution in [0.25, 0.3) is 10.2 Å². The maximum atomic E-state index is 12.7. The van der Waals surface area contributed by atoms with Crippen molar-refractivity contribution < 1.29 is 4.79 Å². The Morgan fingerprint density at radius 1 is 1.22 bits per heavy atom. The molecule has 5 nitrogen and oxygen atoms in total. The third kappa shape index (κ3) is 3.94. The summed E-state index contributed by atoms with van der Waals surface area (Å²) in [6, 6.07) is 10.2. The largest absolute Gasteiger partial charge is 0.356 e. The van der Waals surface area contributed by atoms with E-state index in [-0.39, 0.29) is 5.91 Å². The van der Waals surface area contributed by atoms with E-state index in [2.05, 4.69) is 34.3 Å². The molecule has 0 radical (unpaired) electrons. The lowest BCUT2D eigenvalue weighted by Crippen LogP contribution is -2.21. The Hall–Kier alpha value is -2.12. The molecule has 1 saturated heterocycles. The van der Waals surface area contributed by atoms with Crippen LogP contribution in [-0.4, -0.2) is 35.2 Å². The Bertz CT molecular complexity index is 962. The van der Waals surface area contributed by atoms with Crippen LogP contribution in [0.3, 0.4) is 0 Å². The van der Waals surface area contributed by atoms with E-state index in [0.29, 0.717) is 11.4 Å². The van der Waals surface area contributed by atoms with Gasteiger partial charge < -0.3 is 10.2 Å². The molecule has 7 heteroatoms. The predicted octanol–water partition coefficient (Wildman–Crippen LogP) is 4.25. The fourth-order valence-electron chi connectivity index (χ4n) is 3.24. The minimum atomic E-state index is -0.0587. The van der Waals surface area contributed by atoms with Crippen molar-refractivity contribution in [3.63, 3.8) is 0 Å². The van der Waals surface area contributed by atoms with Crippen molar-refractivity contribution in [2.45, 2.75) is 31.5 Å². The van der Waals surface area contributed by atoms with Gasteiger partial charge in [-0.05, 0) is 37.7 Å². The molecule has 1 aliphatic heterocycles. The monoisotopic (exact) mass is 398 g/mol. The molecule has 1 aliphatic rings. The van der Waals surface area contributed by atoms with Crippen LogP contribution in [0.2, 0.25) is 0 Å². The first-order valence-corrected chi connectivity index (χ1v) is 11.1. The van der Waals surface area contributed by atoms with Crippen LogP contribution in [0.1, 0.15) is 33.6 Å². The Morgan fingerprint density at radius 2 is 1.96 bits per heavy atom. The van der Waals surface area contributed by atoms with E-state index in [0.717, 1.165) is 39.8 Å². The summed E-state index contributed by atoms with van der Waals surface area (Å²) in [6.45, 7) is 4.62. The number of thioether (sulfide) groups is 1. The number of benzene rings is 1. The fraction of sp³-hybridized carbons (Fsp3) is 0.350. The van der Waals surface area contributed by atoms with Crippen LogP contribution >= 0.6 is 23.1 Å². The maximum Gasteiger partial charge on any atom is 0.261 e. The standard InChI is InChI=1S/C20H22N4OS2/c1-13-5-7-14(8-6-13)12-21-18(25)16-11-15-17(24-9-3-4-10-24)22-20(26-2)23-19(15)27-16/h5-8,11H,3-4,9-10,12H2,1-2H3,(H,21,25). The number of aryl methyl sites for hydroxylation is 1. The lowest BCUT2D eigenvalue weighted by Gasteiger charge is -2.17. The zero-order valence-corrected chi connectivity index (χ0v) is 17.1. The van der Waals surface area contributed by atoms with Crippen molar-refractivity contribution in [1.82, 2.24) is 15.3 Å². The van der Waals surface area contributed by atoms with Crippen molar-refractivity contribution >= 4 is 45.0 Å². The van der Waals surface area contributed by atoms with E-state index in [9.17, 15) is 4.79 Å². The van der Waals surface area contributed by atoms with Gasteiger partial charge in [-0.25, -0.2) is 9.97 Å². The highest BCUT2D eigenvalue weighted by molar-refractivity contribution is 7.98. The van der Waals surface area contributed by atoms with Crippen LogP contribution in [0.5, 0.6) is 0 Å². The number of hydrogen-bond donors (Lipinski definition) is 1. The first-order valence-electron chi connectivity index (χ1n) is 9.08. The third-order valence-electron chi connectivity index (χ3n) is 4.74. The van der Waals surface area contributed by atoms with Gasteiger partial charge in [-0.1, -0.05) is 41.6 Å². The van der Waals surface area contributed by atoms with Gasteiger partial charge >= 0.3 is 0 Å². The Balaban J connectivity index is 1.59. The summed E-state index contributed by atoms with van der Waals surface area (Å²) in [6.07, 6.45) is 4.36. The summed E-state index contributed by atoms with van der Waals surface area (Å²) >= 11 is 2.98. The lowest BCUT2D eigenvalue weighted by molar-refractivity contribution is 0.0955. The van der Waals surface area contributed by atoms with Gasteiger partial charge in [0.25, 0.3) is 5.91 Å². The number of fused-ring (bicyclic) bond motifs is 1. The molecular formula is C20H22N4OS2. The molecule has 27 heavy (non-hydrogen) atoms. The molecule has 0 saturated carbocycles. The molecule has 140 valence electrons. The number of aromatic nitrogens is 2. The highest BCUT2D eigenvalue weighted by atomic mass is 32.2. The summed E-state index contributed by atoms with van der Waals surface area (Å²) in [4.78, 5) is 25.9. The molecule has 3 aromatic rings. The Morgan fingerprint density at radius 3 is 2.67 bits per heavy atom. The molecule has 1 N–H and O–H groups in total. The highest BCUT2D eigenvalue weighted by Gasteiger charge is 2.21. The number of nitrogens with one attached hydrogen (secondary N) is 1. The zero-order valence-electron chi connectivity index (χ0n) is 15.5. The number of carbonyl (C=O) groups excluding carboxylic acids is 1. The van der Waals surface area contributed by atoms with Gasteiger partial charge in [0.2, 0.25) is 0 Å². The van der Waals surface area contributed by atoms with E-state index in [1.165, 1.54) is 29.7 Å². The van der Waals surface area contributed by atoms with Crippen molar-refractivity contribution in [1.29, 1.82) is 0 Å². The van der Waals surface area contributed by atoms with Gasteiger partial charge in [-0.2, -0.15) is 0 Å². The number of thiophene rings is 1. The Labute approximate surface area is 167 Å². The van der Waals surface area contributed by atoms with E-state index in [4.69, 9.17) is 4.98 Å². The van der Waals surface area contributed by atoms with Gasteiger partial charge in [-0.15, -0.1) is 11.3 Å². The fourth-order valence-corrected chi connectivity index (χ4v) is 4.60. The molecule has 0 spiro atoms. The van der Waals surface area contributed by atoms with E-state index in [1.54, 1.807) is 11.8 Å². The topological polar surface area (TPSA) is 58.1 Å². The van der Waals surface area contributed by atoms with Crippen molar-refractivity contribution in [2.24, 2.45) is 0 Å². The summed E-state index contributed by atoms with van der Waals surface area (Å²) in [5.74, 6) is 0.910. The quantitative estimate of drug-likeness (QED) is 0.514. The summed E-state index contributed by atoms with van der Waals surface area (Å²) in [5, 5.41) is 4.77. The molecule has 1 amide bonds. The molecule has 1 aromatic carbocycles. The molecule has 0 atom stereocenters. The van der Waals surface area contributed by atoms with E-state index >= 15 is 0 Å². The van der Waals surface area contributed by atoms with Crippen LogP contribution in [0.15, 0.2) is 35.5 Å². The average Bonchev–Trinajstić information content (AvgIpc) is 3.36. The normalized spacial score (nSPS) is 14.1. The maximum absolute atomic E-state index is 12.7. The Kier molecular flexibility index (Phi) is 5.31. The minimum absolute atomic E-state index is 0.0587. The smallest absolute Gasteiger partial charge is 0.261 e. The number of anilines is 1. The third-order valence-corrected chi connectivity index (χ3v) is 6.31. The number of amides is 1. The molecule has 4 rings (SSSR count).